The van der Waals surface area contributed by atoms with Crippen molar-refractivity contribution in [3.63, 3.8) is 0 Å². The molecule has 0 amide bonds. The lowest BCUT2D eigenvalue weighted by molar-refractivity contribution is -0.181. The Morgan fingerprint density at radius 2 is 1.88 bits per heavy atom. The summed E-state index contributed by atoms with van der Waals surface area (Å²) in [7, 11) is 0. The molecule has 0 bridgehead atoms. The summed E-state index contributed by atoms with van der Waals surface area (Å²) < 4.78 is 32.0. The van der Waals surface area contributed by atoms with Crippen LogP contribution in [0.2, 0.25) is 0 Å². The van der Waals surface area contributed by atoms with Crippen molar-refractivity contribution in [2.75, 3.05) is 13.1 Å². The maximum absolute atomic E-state index is 13.4. The Bertz CT molecular complexity index is 575. The van der Waals surface area contributed by atoms with E-state index in [2.05, 4.69) is 5.32 Å². The Kier molecular flexibility index (Phi) is 4.88. The molecule has 1 aromatic rings. The summed E-state index contributed by atoms with van der Waals surface area (Å²) in [5, 5.41) is 14.5. The molecular weight excluding hydrogens is 316 g/mol. The Morgan fingerprint density at radius 1 is 1.21 bits per heavy atom. The van der Waals surface area contributed by atoms with E-state index in [0.717, 1.165) is 0 Å². The van der Waals surface area contributed by atoms with Crippen molar-refractivity contribution in [3.05, 3.63) is 35.9 Å². The van der Waals surface area contributed by atoms with Gasteiger partial charge in [-0.2, -0.15) is 0 Å². The van der Waals surface area contributed by atoms with Crippen LogP contribution in [0, 0.1) is 5.92 Å². The summed E-state index contributed by atoms with van der Waals surface area (Å²) in [4.78, 5) is 12.8. The molecule has 3 rings (SSSR count). The number of esters is 1. The summed E-state index contributed by atoms with van der Waals surface area (Å²) in [6, 6.07) is 8.67. The van der Waals surface area contributed by atoms with E-state index in [1.807, 2.05) is 0 Å². The van der Waals surface area contributed by atoms with Crippen molar-refractivity contribution >= 4 is 5.97 Å². The molecule has 1 aliphatic carbocycles. The second-order valence-corrected chi connectivity index (χ2v) is 6.78. The van der Waals surface area contributed by atoms with Gasteiger partial charge in [-0.05, 0) is 37.9 Å². The highest BCUT2D eigenvalue weighted by atomic mass is 19.3. The zero-order chi connectivity index (χ0) is 17.2. The molecule has 1 aliphatic heterocycles. The largest absolute Gasteiger partial charge is 0.460 e. The molecule has 6 heteroatoms. The van der Waals surface area contributed by atoms with E-state index in [9.17, 15) is 18.7 Å². The number of benzene rings is 1. The van der Waals surface area contributed by atoms with Crippen molar-refractivity contribution in [2.24, 2.45) is 5.92 Å². The van der Waals surface area contributed by atoms with Crippen molar-refractivity contribution in [2.45, 2.75) is 49.7 Å². The number of aliphatic hydroxyl groups is 1. The summed E-state index contributed by atoms with van der Waals surface area (Å²) in [5.41, 5.74) is -1.33. The third-order valence-corrected chi connectivity index (χ3v) is 5.09. The molecule has 4 nitrogen and oxygen atoms in total. The fourth-order valence-electron chi connectivity index (χ4n) is 3.70. The number of rotatable bonds is 4. The third-order valence-electron chi connectivity index (χ3n) is 5.09. The van der Waals surface area contributed by atoms with Crippen molar-refractivity contribution in [1.82, 2.24) is 5.32 Å². The number of nitrogens with one attached hydrogen (secondary N) is 1. The number of hydrogen-bond acceptors (Lipinski definition) is 4. The number of ether oxygens (including phenoxy) is 1. The van der Waals surface area contributed by atoms with E-state index in [-0.39, 0.29) is 18.8 Å². The van der Waals surface area contributed by atoms with Gasteiger partial charge < -0.3 is 15.2 Å². The van der Waals surface area contributed by atoms with Crippen LogP contribution in [0.4, 0.5) is 8.78 Å². The molecule has 2 atom stereocenters. The third kappa shape index (κ3) is 3.44. The monoisotopic (exact) mass is 339 g/mol. The molecule has 0 spiro atoms. The zero-order valence-corrected chi connectivity index (χ0v) is 13.5. The number of halogens is 2. The highest BCUT2D eigenvalue weighted by Gasteiger charge is 2.49. The van der Waals surface area contributed by atoms with Crippen LogP contribution in [0.3, 0.4) is 0 Å². The Balaban J connectivity index is 1.83. The molecule has 1 saturated heterocycles. The lowest BCUT2D eigenvalue weighted by Gasteiger charge is -2.37. The molecule has 0 aromatic heterocycles. The van der Waals surface area contributed by atoms with Crippen LogP contribution in [0.15, 0.2) is 30.3 Å². The lowest BCUT2D eigenvalue weighted by atomic mass is 9.76. The average Bonchev–Trinajstić information content (AvgIpc) is 2.94. The Labute approximate surface area is 140 Å². The first-order chi connectivity index (χ1) is 11.4. The maximum Gasteiger partial charge on any atom is 0.343 e. The van der Waals surface area contributed by atoms with Gasteiger partial charge in [0.05, 0.1) is 0 Å². The number of carbonyl (C=O) groups excluding carboxylic acids is 1. The van der Waals surface area contributed by atoms with Gasteiger partial charge in [0.15, 0.2) is 5.60 Å². The highest BCUT2D eigenvalue weighted by molar-refractivity contribution is 5.81. The molecule has 1 aromatic carbocycles. The minimum atomic E-state index is -2.79. The van der Waals surface area contributed by atoms with Gasteiger partial charge in [0, 0.05) is 18.8 Å². The summed E-state index contributed by atoms with van der Waals surface area (Å²) >= 11 is 0. The number of hydrogen-bond donors (Lipinski definition) is 2. The predicted octanol–water partition coefficient (Wildman–Crippen LogP) is 2.60. The Hall–Kier alpha value is -1.53. The van der Waals surface area contributed by atoms with Crippen LogP contribution in [0.5, 0.6) is 0 Å². The molecule has 1 heterocycles. The summed E-state index contributed by atoms with van der Waals surface area (Å²) in [5.74, 6) is -3.89. The van der Waals surface area contributed by atoms with Gasteiger partial charge in [-0.15, -0.1) is 0 Å². The molecule has 24 heavy (non-hydrogen) atoms. The molecule has 2 fully saturated rings. The molecule has 2 N–H and O–H groups in total. The minimum Gasteiger partial charge on any atom is -0.460 e. The first-order valence-electron chi connectivity index (χ1n) is 8.49. The van der Waals surface area contributed by atoms with Gasteiger partial charge in [-0.25, -0.2) is 13.6 Å². The minimum absolute atomic E-state index is 0.135. The first kappa shape index (κ1) is 17.3. The lowest BCUT2D eigenvalue weighted by Crippen LogP contribution is -2.49. The smallest absolute Gasteiger partial charge is 0.343 e. The van der Waals surface area contributed by atoms with Gasteiger partial charge >= 0.3 is 5.97 Å². The van der Waals surface area contributed by atoms with Crippen LogP contribution < -0.4 is 5.32 Å². The second kappa shape index (κ2) is 6.76. The van der Waals surface area contributed by atoms with Crippen LogP contribution in [-0.4, -0.2) is 36.2 Å². The average molecular weight is 339 g/mol. The van der Waals surface area contributed by atoms with Gasteiger partial charge in [-0.1, -0.05) is 30.3 Å². The standard InChI is InChI=1S/C18H23F2NO3/c19-17(20)9-6-15(12-17)24-16(22)18(23,13-4-2-1-3-5-13)14-7-10-21-11-8-14/h1-5,14-15,21,23H,6-12H2/t15-,18+/m1/s1. The van der Waals surface area contributed by atoms with Crippen LogP contribution in [0.1, 0.15) is 37.7 Å². The highest BCUT2D eigenvalue weighted by Crippen LogP contribution is 2.40. The maximum atomic E-state index is 13.4. The van der Waals surface area contributed by atoms with E-state index in [4.69, 9.17) is 4.74 Å². The molecule has 0 unspecified atom stereocenters. The van der Waals surface area contributed by atoms with Crippen LogP contribution in [-0.2, 0) is 15.1 Å². The molecular formula is C18H23F2NO3. The summed E-state index contributed by atoms with van der Waals surface area (Å²) in [6.45, 7) is 1.41. The van der Waals surface area contributed by atoms with Gasteiger partial charge in [0.2, 0.25) is 0 Å². The predicted molar refractivity (Wildman–Crippen MR) is 84.6 cm³/mol. The fraction of sp³-hybridized carbons (Fsp3) is 0.611. The quantitative estimate of drug-likeness (QED) is 0.828. The van der Waals surface area contributed by atoms with E-state index in [0.29, 0.717) is 31.5 Å². The number of carbonyl (C=O) groups is 1. The number of alkyl halides is 2. The van der Waals surface area contributed by atoms with Crippen molar-refractivity contribution in [1.29, 1.82) is 0 Å². The molecule has 0 radical (unpaired) electrons. The SMILES string of the molecule is O=C(O[C@@H]1CCC(F)(F)C1)[C@](O)(c1ccccc1)C1CCNCC1. The van der Waals surface area contributed by atoms with E-state index in [1.165, 1.54) is 0 Å². The van der Waals surface area contributed by atoms with Crippen LogP contribution >= 0.6 is 0 Å². The van der Waals surface area contributed by atoms with E-state index >= 15 is 0 Å². The fourth-order valence-corrected chi connectivity index (χ4v) is 3.70. The number of piperidine rings is 1. The second-order valence-electron chi connectivity index (χ2n) is 6.78. The van der Waals surface area contributed by atoms with Crippen molar-refractivity contribution in [3.8, 4) is 0 Å². The first-order valence-corrected chi connectivity index (χ1v) is 8.49. The van der Waals surface area contributed by atoms with Crippen LogP contribution in [0.25, 0.3) is 0 Å². The summed E-state index contributed by atoms with van der Waals surface area (Å²) in [6.07, 6.45) is -0.180. The van der Waals surface area contributed by atoms with E-state index < -0.39 is 30.0 Å². The molecule has 132 valence electrons. The molecule has 1 saturated carbocycles. The van der Waals surface area contributed by atoms with Gasteiger partial charge in [0.1, 0.15) is 6.10 Å². The topological polar surface area (TPSA) is 58.6 Å². The van der Waals surface area contributed by atoms with Gasteiger partial charge in [-0.3, -0.25) is 0 Å². The zero-order valence-electron chi connectivity index (χ0n) is 13.5. The van der Waals surface area contributed by atoms with Gasteiger partial charge in [0.25, 0.3) is 5.92 Å². The normalized spacial score (nSPS) is 26.7. The van der Waals surface area contributed by atoms with Crippen molar-refractivity contribution < 1.29 is 23.4 Å². The molecule has 2 aliphatic rings. The van der Waals surface area contributed by atoms with E-state index in [1.54, 1.807) is 30.3 Å². The Morgan fingerprint density at radius 3 is 2.46 bits per heavy atom.